The van der Waals surface area contributed by atoms with E-state index in [9.17, 15) is 24.0 Å². The number of benzene rings is 1. The monoisotopic (exact) mass is 817 g/mol. The van der Waals surface area contributed by atoms with Crippen molar-refractivity contribution in [2.24, 2.45) is 5.92 Å². The van der Waals surface area contributed by atoms with Gasteiger partial charge in [-0.1, -0.05) is 24.3 Å². The van der Waals surface area contributed by atoms with E-state index >= 15 is 0 Å². The van der Waals surface area contributed by atoms with Gasteiger partial charge < -0.3 is 29.2 Å². The van der Waals surface area contributed by atoms with Crippen molar-refractivity contribution in [3.8, 4) is 17.1 Å². The second-order valence-electron chi connectivity index (χ2n) is 15.6. The van der Waals surface area contributed by atoms with Crippen molar-refractivity contribution < 1.29 is 42.9 Å². The molecule has 2 aliphatic heterocycles. The van der Waals surface area contributed by atoms with Gasteiger partial charge in [-0.25, -0.2) is 24.4 Å². The van der Waals surface area contributed by atoms with Gasteiger partial charge in [0.2, 0.25) is 5.91 Å². The highest BCUT2D eigenvalue weighted by molar-refractivity contribution is 7.14. The van der Waals surface area contributed by atoms with Gasteiger partial charge in [-0.3, -0.25) is 25.5 Å². The Bertz CT molecular complexity index is 2070. The van der Waals surface area contributed by atoms with Gasteiger partial charge in [-0.05, 0) is 90.3 Å². The summed E-state index contributed by atoms with van der Waals surface area (Å²) in [5.74, 6) is -1.41. The number of hydrogen-bond acceptors (Lipinski definition) is 13. The Hall–Kier alpha value is -5.29. The number of methoxy groups -OCH3 is 1. The number of para-hydroxylation sites is 1. The summed E-state index contributed by atoms with van der Waals surface area (Å²) in [4.78, 5) is 78.4. The molecule has 4 amide bonds. The lowest BCUT2D eigenvalue weighted by Gasteiger charge is -2.30. The molecular formula is C41H51N7O9S. The van der Waals surface area contributed by atoms with Gasteiger partial charge in [0.25, 0.3) is 5.91 Å². The number of esters is 1. The number of ether oxygens (including phenoxy) is 4. The number of alkyl carbamates (subject to hydrolysis) is 1. The van der Waals surface area contributed by atoms with E-state index < -0.39 is 53.8 Å². The van der Waals surface area contributed by atoms with E-state index in [1.165, 1.54) is 23.3 Å². The third-order valence-electron chi connectivity index (χ3n) is 11.0. The van der Waals surface area contributed by atoms with Crippen LogP contribution in [-0.2, 0) is 28.6 Å². The molecule has 5 atom stereocenters. The number of aryl methyl sites for hydroxylation is 1. The van der Waals surface area contributed by atoms with Crippen molar-refractivity contribution in [2.75, 3.05) is 25.5 Å². The predicted molar refractivity (Wildman–Crippen MR) is 215 cm³/mol. The van der Waals surface area contributed by atoms with Gasteiger partial charge >= 0.3 is 18.2 Å². The maximum Gasteiger partial charge on any atom is 0.413 e. The molecule has 4 aliphatic rings. The summed E-state index contributed by atoms with van der Waals surface area (Å²) >= 11 is 1.22. The quantitative estimate of drug-likeness (QED) is 0.129. The first-order valence-corrected chi connectivity index (χ1v) is 20.9. The zero-order chi connectivity index (χ0) is 41.0. The van der Waals surface area contributed by atoms with Gasteiger partial charge in [0.1, 0.15) is 35.2 Å². The van der Waals surface area contributed by atoms with Crippen molar-refractivity contribution in [2.45, 2.75) is 115 Å². The number of rotatable bonds is 8. The largest absolute Gasteiger partial charge is 0.488 e. The van der Waals surface area contributed by atoms with Gasteiger partial charge in [-0.2, -0.15) is 0 Å². The number of pyridine rings is 1. The Balaban J connectivity index is 1.19. The van der Waals surface area contributed by atoms with Crippen LogP contribution >= 0.6 is 11.3 Å². The molecule has 3 fully saturated rings. The molecule has 58 heavy (non-hydrogen) atoms. The van der Waals surface area contributed by atoms with Gasteiger partial charge in [0.15, 0.2) is 11.3 Å². The second-order valence-corrected chi connectivity index (χ2v) is 16.5. The Morgan fingerprint density at radius 2 is 1.84 bits per heavy atom. The molecule has 2 unspecified atom stereocenters. The molecule has 310 valence electrons. The molecule has 1 saturated heterocycles. The fourth-order valence-electron chi connectivity index (χ4n) is 7.93. The first-order valence-electron chi connectivity index (χ1n) is 20.0. The van der Waals surface area contributed by atoms with Crippen LogP contribution in [0.3, 0.4) is 0 Å². The van der Waals surface area contributed by atoms with Crippen LogP contribution in [0.25, 0.3) is 22.3 Å². The third-order valence-corrected chi connectivity index (χ3v) is 11.7. The number of aromatic nitrogens is 2. The van der Waals surface area contributed by atoms with E-state index in [4.69, 9.17) is 23.9 Å². The molecule has 7 rings (SSSR count). The van der Waals surface area contributed by atoms with Crippen molar-refractivity contribution in [1.82, 2.24) is 30.8 Å². The summed E-state index contributed by atoms with van der Waals surface area (Å²) < 4.78 is 22.7. The summed E-state index contributed by atoms with van der Waals surface area (Å²) in [7, 11) is 1.29. The van der Waals surface area contributed by atoms with Gasteiger partial charge in [0.05, 0.1) is 31.0 Å². The first-order chi connectivity index (χ1) is 27.9. The highest BCUT2D eigenvalue weighted by atomic mass is 32.1. The molecule has 17 heteroatoms. The number of thiazole rings is 1. The Labute approximate surface area is 340 Å². The zero-order valence-electron chi connectivity index (χ0n) is 33.2. The number of amides is 4. The minimum atomic E-state index is -1.25. The highest BCUT2D eigenvalue weighted by Crippen LogP contribution is 2.46. The normalized spacial score (nSPS) is 25.8. The lowest BCUT2D eigenvalue weighted by atomic mass is 10.1. The number of carbonyl (C=O) groups excluding carboxylic acids is 5. The van der Waals surface area contributed by atoms with Crippen LogP contribution in [0.5, 0.6) is 5.75 Å². The molecule has 0 bridgehead atoms. The average Bonchev–Trinajstić information content (AvgIpc) is 3.63. The highest BCUT2D eigenvalue weighted by Gasteiger charge is 2.62. The number of anilines is 1. The standard InChI is InChI=1S/C41H51N7O9S/c1-23(2)55-40(53)46-38-44-30(22-58-38)29-19-32(28-16-11-12-24(3)33(28)43-29)56-27-18-31-35(49)47-41(37(51)54-4)20-25(41)13-7-5-6-10-17-42-34(36(50)48(31)21-27)45-39(52)57-26-14-8-9-15-26/h7,11-13,16,19,22-23,25-27,31,34,42H,5-6,8-10,14-15,17-18,20-21H2,1-4H3,(H,45,52)(H,47,49)(H,44,46,53)/b13-7-/t25?,27-,31+,34?,41-/m1/s1. The first kappa shape index (κ1) is 40.9. The van der Waals surface area contributed by atoms with Crippen molar-refractivity contribution in [1.29, 1.82) is 0 Å². The maximum atomic E-state index is 14.6. The smallest absolute Gasteiger partial charge is 0.413 e. The van der Waals surface area contributed by atoms with Crippen LogP contribution in [0.1, 0.15) is 77.2 Å². The Morgan fingerprint density at radius 3 is 2.62 bits per heavy atom. The summed E-state index contributed by atoms with van der Waals surface area (Å²) in [5, 5.41) is 14.4. The molecule has 0 radical (unpaired) electrons. The van der Waals surface area contributed by atoms with Crippen molar-refractivity contribution in [3.63, 3.8) is 0 Å². The number of fused-ring (bicyclic) bond motifs is 3. The SMILES string of the molecule is COC(=O)[C@@]12CC1/C=C\CCCCNC(NC(=O)OC1CCCC1)C(=O)N1C[C@H](Oc3cc(-c4csc(NC(=O)OC(C)C)n4)nc4c(C)cccc34)C[C@H]1C(=O)N2. The minimum Gasteiger partial charge on any atom is -0.488 e. The van der Waals surface area contributed by atoms with Crippen LogP contribution in [0.4, 0.5) is 14.7 Å². The van der Waals surface area contributed by atoms with Crippen molar-refractivity contribution >= 4 is 57.3 Å². The number of allylic oxidation sites excluding steroid dienone is 1. The van der Waals surface area contributed by atoms with E-state index in [-0.39, 0.29) is 31.1 Å². The molecule has 2 saturated carbocycles. The van der Waals surface area contributed by atoms with Crippen LogP contribution in [0, 0.1) is 12.8 Å². The fourth-order valence-corrected chi connectivity index (χ4v) is 8.62. The van der Waals surface area contributed by atoms with Crippen LogP contribution < -0.4 is 26.0 Å². The molecule has 0 spiro atoms. The van der Waals surface area contributed by atoms with Gasteiger partial charge in [-0.15, -0.1) is 11.3 Å². The summed E-state index contributed by atoms with van der Waals surface area (Å²) in [6.45, 7) is 5.86. The van der Waals surface area contributed by atoms with Crippen LogP contribution in [-0.4, -0.2) is 101 Å². The van der Waals surface area contributed by atoms with Crippen molar-refractivity contribution in [3.05, 3.63) is 47.4 Å². The zero-order valence-corrected chi connectivity index (χ0v) is 34.0. The molecule has 16 nitrogen and oxygen atoms in total. The molecule has 1 aromatic carbocycles. The topological polar surface area (TPSA) is 199 Å². The number of carbonyl (C=O) groups is 5. The van der Waals surface area contributed by atoms with Crippen LogP contribution in [0.2, 0.25) is 0 Å². The molecule has 4 heterocycles. The minimum absolute atomic E-state index is 0.00327. The summed E-state index contributed by atoms with van der Waals surface area (Å²) in [5.41, 5.74) is 1.29. The van der Waals surface area contributed by atoms with Crippen LogP contribution in [0.15, 0.2) is 41.8 Å². The molecule has 4 N–H and O–H groups in total. The maximum absolute atomic E-state index is 14.6. The lowest BCUT2D eigenvalue weighted by Crippen LogP contribution is -2.60. The summed E-state index contributed by atoms with van der Waals surface area (Å²) in [6.07, 6.45) is 6.42. The molecule has 2 aliphatic carbocycles. The Kier molecular flexibility index (Phi) is 12.5. The van der Waals surface area contributed by atoms with E-state index in [2.05, 4.69) is 26.3 Å². The molecule has 2 aromatic heterocycles. The lowest BCUT2D eigenvalue weighted by molar-refractivity contribution is -0.148. The second kappa shape index (κ2) is 17.7. The average molecular weight is 818 g/mol. The third kappa shape index (κ3) is 9.20. The van der Waals surface area contributed by atoms with E-state index in [1.54, 1.807) is 25.3 Å². The van der Waals surface area contributed by atoms with Gasteiger partial charge in [0, 0.05) is 29.2 Å². The number of hydrogen-bond donors (Lipinski definition) is 4. The Morgan fingerprint density at radius 1 is 1.03 bits per heavy atom. The summed E-state index contributed by atoms with van der Waals surface area (Å²) in [6, 6.07) is 6.41. The molecule has 3 aromatic rings. The van der Waals surface area contributed by atoms with E-state index in [1.807, 2.05) is 37.3 Å². The predicted octanol–water partition coefficient (Wildman–Crippen LogP) is 5.34. The fraction of sp³-hybridized carbons (Fsp3) is 0.537. The van der Waals surface area contributed by atoms with E-state index in [0.717, 1.165) is 44.1 Å². The number of nitrogens with one attached hydrogen (secondary N) is 4. The molecular weight excluding hydrogens is 767 g/mol. The number of nitrogens with zero attached hydrogens (tertiary/aromatic N) is 3. The van der Waals surface area contributed by atoms with E-state index in [0.29, 0.717) is 52.6 Å².